The highest BCUT2D eigenvalue weighted by atomic mass is 32.1. The maximum atomic E-state index is 10.9. The lowest BCUT2D eigenvalue weighted by molar-refractivity contribution is 0.203. The number of para-hydroxylation sites is 1. The molecule has 1 N–H and O–H groups in total. The fraction of sp³-hybridized carbons (Fsp3) is 0.364. The van der Waals surface area contributed by atoms with E-state index in [1.807, 2.05) is 25.1 Å². The Morgan fingerprint density at radius 3 is 2.67 bits per heavy atom. The van der Waals surface area contributed by atoms with Crippen molar-refractivity contribution in [1.82, 2.24) is 0 Å². The molecule has 0 heterocycles. The van der Waals surface area contributed by atoms with Crippen molar-refractivity contribution in [3.63, 3.8) is 0 Å². The van der Waals surface area contributed by atoms with E-state index in [1.165, 1.54) is 11.9 Å². The molecule has 1 atom stereocenters. The molecule has 15 heavy (non-hydrogen) atoms. The summed E-state index contributed by atoms with van der Waals surface area (Å²) in [4.78, 5) is 12.1. The lowest BCUT2D eigenvalue weighted by Crippen LogP contribution is -2.25. The molecule has 1 aromatic carbocycles. The molecule has 0 saturated heterocycles. The third-order valence-corrected chi connectivity index (χ3v) is 2.97. The fourth-order valence-corrected chi connectivity index (χ4v) is 1.62. The van der Waals surface area contributed by atoms with E-state index in [-0.39, 0.29) is 5.25 Å². The molecule has 82 valence electrons. The Labute approximate surface area is 95.1 Å². The molecule has 0 aliphatic rings. The average Bonchev–Trinajstić information content (AvgIpc) is 2.27. The molecule has 0 fully saturated rings. The van der Waals surface area contributed by atoms with E-state index in [0.29, 0.717) is 5.69 Å². The first kappa shape index (κ1) is 11.9. The minimum absolute atomic E-state index is 0.0722. The van der Waals surface area contributed by atoms with Crippen molar-refractivity contribution in [3.05, 3.63) is 29.8 Å². The second-order valence-corrected chi connectivity index (χ2v) is 3.95. The number of hydrogen-bond acceptors (Lipinski definition) is 2. The summed E-state index contributed by atoms with van der Waals surface area (Å²) in [6, 6.07) is 7.43. The van der Waals surface area contributed by atoms with Gasteiger partial charge >= 0.3 is 6.09 Å². The van der Waals surface area contributed by atoms with Crippen LogP contribution in [-0.4, -0.2) is 18.2 Å². The van der Waals surface area contributed by atoms with Crippen LogP contribution in [0.2, 0.25) is 0 Å². The lowest BCUT2D eigenvalue weighted by Gasteiger charge is -2.20. The maximum absolute atomic E-state index is 10.9. The zero-order valence-electron chi connectivity index (χ0n) is 8.84. The minimum atomic E-state index is -0.959. The Morgan fingerprint density at radius 1 is 1.53 bits per heavy atom. The van der Waals surface area contributed by atoms with Gasteiger partial charge in [0, 0.05) is 12.3 Å². The Hall–Kier alpha value is -1.16. The van der Waals surface area contributed by atoms with Crippen LogP contribution in [0, 0.1) is 0 Å². The molecule has 1 aromatic rings. The predicted octanol–water partition coefficient (Wildman–Crippen LogP) is 3.18. The van der Waals surface area contributed by atoms with E-state index in [1.54, 1.807) is 6.07 Å². The van der Waals surface area contributed by atoms with Crippen molar-refractivity contribution in [2.24, 2.45) is 0 Å². The van der Waals surface area contributed by atoms with Gasteiger partial charge in [-0.1, -0.05) is 25.1 Å². The SMILES string of the molecule is CCC(S)c1ccccc1N(C)C(=O)O. The third kappa shape index (κ3) is 2.65. The number of carbonyl (C=O) groups is 1. The molecule has 0 aliphatic heterocycles. The first-order valence-electron chi connectivity index (χ1n) is 4.81. The third-order valence-electron chi connectivity index (χ3n) is 2.33. The van der Waals surface area contributed by atoms with Crippen molar-refractivity contribution in [1.29, 1.82) is 0 Å². The van der Waals surface area contributed by atoms with Crippen molar-refractivity contribution in [2.75, 3.05) is 11.9 Å². The highest BCUT2D eigenvalue weighted by Crippen LogP contribution is 2.31. The van der Waals surface area contributed by atoms with Crippen LogP contribution in [0.1, 0.15) is 24.2 Å². The van der Waals surface area contributed by atoms with Gasteiger partial charge in [0.1, 0.15) is 0 Å². The quantitative estimate of drug-likeness (QED) is 0.776. The Morgan fingerprint density at radius 2 is 2.13 bits per heavy atom. The van der Waals surface area contributed by atoms with Gasteiger partial charge < -0.3 is 5.11 Å². The summed E-state index contributed by atoms with van der Waals surface area (Å²) in [5.74, 6) is 0. The number of benzene rings is 1. The number of anilines is 1. The van der Waals surface area contributed by atoms with Gasteiger partial charge in [-0.2, -0.15) is 12.6 Å². The summed E-state index contributed by atoms with van der Waals surface area (Å²) in [6.07, 6.45) is -0.0905. The first-order valence-corrected chi connectivity index (χ1v) is 5.33. The molecule has 1 unspecified atom stereocenters. The van der Waals surface area contributed by atoms with Crippen LogP contribution in [0.25, 0.3) is 0 Å². The summed E-state index contributed by atoms with van der Waals surface area (Å²) >= 11 is 4.43. The zero-order valence-corrected chi connectivity index (χ0v) is 9.74. The summed E-state index contributed by atoms with van der Waals surface area (Å²) in [6.45, 7) is 2.02. The standard InChI is InChI=1S/C11H15NO2S/c1-3-10(15)8-6-4-5-7-9(8)12(2)11(13)14/h4-7,10,15H,3H2,1-2H3,(H,13,14). The van der Waals surface area contributed by atoms with Crippen LogP contribution in [0.3, 0.4) is 0 Å². The number of hydrogen-bond donors (Lipinski definition) is 2. The lowest BCUT2D eigenvalue weighted by atomic mass is 10.1. The topological polar surface area (TPSA) is 40.5 Å². The molecule has 0 aromatic heterocycles. The molecule has 0 saturated carbocycles. The van der Waals surface area contributed by atoms with Crippen LogP contribution in [-0.2, 0) is 0 Å². The first-order chi connectivity index (χ1) is 7.07. The second-order valence-electron chi connectivity index (χ2n) is 3.32. The van der Waals surface area contributed by atoms with Gasteiger partial charge in [-0.15, -0.1) is 0 Å². The molecular formula is C11H15NO2S. The Balaban J connectivity index is 3.11. The fourth-order valence-electron chi connectivity index (χ4n) is 1.40. The Kier molecular flexibility index (Phi) is 4.03. The highest BCUT2D eigenvalue weighted by molar-refractivity contribution is 7.80. The number of nitrogens with zero attached hydrogens (tertiary/aromatic N) is 1. The van der Waals surface area contributed by atoms with Crippen LogP contribution >= 0.6 is 12.6 Å². The van der Waals surface area contributed by atoms with E-state index in [2.05, 4.69) is 12.6 Å². The minimum Gasteiger partial charge on any atom is -0.465 e. The van der Waals surface area contributed by atoms with Gasteiger partial charge in [0.25, 0.3) is 0 Å². The van der Waals surface area contributed by atoms with Crippen molar-refractivity contribution in [3.8, 4) is 0 Å². The maximum Gasteiger partial charge on any atom is 0.411 e. The summed E-state index contributed by atoms with van der Waals surface area (Å²) in [5, 5.41) is 8.99. The molecule has 4 heteroatoms. The van der Waals surface area contributed by atoms with E-state index in [9.17, 15) is 4.79 Å². The normalized spacial score (nSPS) is 12.2. The Bertz CT molecular complexity index is 354. The average molecular weight is 225 g/mol. The highest BCUT2D eigenvalue weighted by Gasteiger charge is 2.15. The van der Waals surface area contributed by atoms with Crippen LogP contribution in [0.15, 0.2) is 24.3 Å². The number of rotatable bonds is 3. The molecule has 0 aliphatic carbocycles. The number of amides is 1. The van der Waals surface area contributed by atoms with Crippen molar-refractivity contribution < 1.29 is 9.90 Å². The molecular weight excluding hydrogens is 210 g/mol. The van der Waals surface area contributed by atoms with Crippen LogP contribution in [0.5, 0.6) is 0 Å². The monoisotopic (exact) mass is 225 g/mol. The van der Waals surface area contributed by atoms with E-state index in [4.69, 9.17) is 5.11 Å². The van der Waals surface area contributed by atoms with Crippen LogP contribution in [0.4, 0.5) is 10.5 Å². The van der Waals surface area contributed by atoms with Gasteiger partial charge in [0.2, 0.25) is 0 Å². The smallest absolute Gasteiger partial charge is 0.411 e. The number of thiol groups is 1. The van der Waals surface area contributed by atoms with E-state index < -0.39 is 6.09 Å². The van der Waals surface area contributed by atoms with Gasteiger partial charge in [-0.3, -0.25) is 4.90 Å². The summed E-state index contributed by atoms with van der Waals surface area (Å²) in [5.41, 5.74) is 1.65. The van der Waals surface area contributed by atoms with Crippen molar-refractivity contribution in [2.45, 2.75) is 18.6 Å². The molecule has 1 amide bonds. The largest absolute Gasteiger partial charge is 0.465 e. The van der Waals surface area contributed by atoms with E-state index in [0.717, 1.165) is 12.0 Å². The second kappa shape index (κ2) is 5.07. The molecule has 0 bridgehead atoms. The zero-order chi connectivity index (χ0) is 11.4. The number of carboxylic acid groups (broad SMARTS) is 1. The molecule has 1 rings (SSSR count). The van der Waals surface area contributed by atoms with Gasteiger partial charge in [-0.25, -0.2) is 4.79 Å². The van der Waals surface area contributed by atoms with Gasteiger partial charge in [0.05, 0.1) is 5.69 Å². The summed E-state index contributed by atoms with van der Waals surface area (Å²) < 4.78 is 0. The summed E-state index contributed by atoms with van der Waals surface area (Å²) in [7, 11) is 1.54. The predicted molar refractivity (Wildman–Crippen MR) is 64.9 cm³/mol. The van der Waals surface area contributed by atoms with Crippen molar-refractivity contribution >= 4 is 24.4 Å². The molecule has 3 nitrogen and oxygen atoms in total. The van der Waals surface area contributed by atoms with Gasteiger partial charge in [-0.05, 0) is 18.1 Å². The van der Waals surface area contributed by atoms with Crippen LogP contribution < -0.4 is 4.90 Å². The molecule has 0 radical (unpaired) electrons. The molecule has 0 spiro atoms. The van der Waals surface area contributed by atoms with E-state index >= 15 is 0 Å². The van der Waals surface area contributed by atoms with Gasteiger partial charge in [0.15, 0.2) is 0 Å².